The second-order valence-electron chi connectivity index (χ2n) is 6.76. The Kier molecular flexibility index (Phi) is 7.02. The summed E-state index contributed by atoms with van der Waals surface area (Å²) >= 11 is 0. The van der Waals surface area contributed by atoms with E-state index >= 15 is 0 Å². The lowest BCUT2D eigenvalue weighted by atomic mass is 9.98. The minimum atomic E-state index is -0.533. The highest BCUT2D eigenvalue weighted by molar-refractivity contribution is 5.90. The summed E-state index contributed by atoms with van der Waals surface area (Å²) < 4.78 is 11.1. The van der Waals surface area contributed by atoms with Gasteiger partial charge in [0.15, 0.2) is 11.5 Å². The Bertz CT molecular complexity index is 786. The fourth-order valence-corrected chi connectivity index (χ4v) is 3.33. The Morgan fingerprint density at radius 1 is 1.32 bits per heavy atom. The molecule has 0 saturated carbocycles. The number of ether oxygens (including phenoxy) is 2. The van der Waals surface area contributed by atoms with Crippen molar-refractivity contribution in [2.24, 2.45) is 11.7 Å². The molecule has 28 heavy (non-hydrogen) atoms. The number of carbonyl (C=O) groups excluding carboxylic acids is 1. The summed E-state index contributed by atoms with van der Waals surface area (Å²) in [4.78, 5) is 22.0. The zero-order chi connectivity index (χ0) is 19.8. The number of piperidine rings is 1. The summed E-state index contributed by atoms with van der Waals surface area (Å²) in [5.74, 6) is 2.01. The van der Waals surface area contributed by atoms with Crippen LogP contribution in [0.5, 0.6) is 11.5 Å². The number of primary amides is 1. The molecule has 3 N–H and O–H groups in total. The SMILES string of the molecule is COc1ccccc1OCCNCC1CCCN(c2nccc(C(N)=O)n2)C1. The molecule has 1 unspecified atom stereocenters. The van der Waals surface area contributed by atoms with Gasteiger partial charge in [-0.05, 0) is 43.5 Å². The first-order valence-electron chi connectivity index (χ1n) is 9.51. The van der Waals surface area contributed by atoms with Gasteiger partial charge in [0.05, 0.1) is 7.11 Å². The van der Waals surface area contributed by atoms with Crippen molar-refractivity contribution in [1.29, 1.82) is 0 Å². The molecule has 1 aromatic heterocycles. The molecule has 1 aliphatic heterocycles. The summed E-state index contributed by atoms with van der Waals surface area (Å²) in [6, 6.07) is 9.17. The Balaban J connectivity index is 1.43. The number of nitrogens with one attached hydrogen (secondary N) is 1. The summed E-state index contributed by atoms with van der Waals surface area (Å²) in [5, 5.41) is 3.46. The number of anilines is 1. The van der Waals surface area contributed by atoms with Crippen LogP contribution < -0.4 is 25.4 Å². The van der Waals surface area contributed by atoms with Crippen molar-refractivity contribution in [3.05, 3.63) is 42.2 Å². The van der Waals surface area contributed by atoms with Crippen molar-refractivity contribution in [3.63, 3.8) is 0 Å². The minimum Gasteiger partial charge on any atom is -0.493 e. The van der Waals surface area contributed by atoms with Crippen LogP contribution in [-0.2, 0) is 0 Å². The molecule has 0 radical (unpaired) electrons. The standard InChI is InChI=1S/C20H27N5O3/c1-27-17-6-2-3-7-18(17)28-12-10-22-13-15-5-4-11-25(14-15)20-23-9-8-16(24-20)19(21)26/h2-3,6-9,15,22H,4-5,10-14H2,1H3,(H2,21,26). The molecule has 0 spiro atoms. The monoisotopic (exact) mass is 385 g/mol. The van der Waals surface area contributed by atoms with Crippen molar-refractivity contribution in [2.45, 2.75) is 12.8 Å². The van der Waals surface area contributed by atoms with Gasteiger partial charge in [-0.3, -0.25) is 4.79 Å². The van der Waals surface area contributed by atoms with Crippen LogP contribution in [0.15, 0.2) is 36.5 Å². The number of methoxy groups -OCH3 is 1. The second kappa shape index (κ2) is 9.89. The molecular weight excluding hydrogens is 358 g/mol. The van der Waals surface area contributed by atoms with Gasteiger partial charge in [-0.1, -0.05) is 12.1 Å². The summed E-state index contributed by atoms with van der Waals surface area (Å²) in [6.45, 7) is 3.95. The molecule has 1 saturated heterocycles. The third-order valence-corrected chi connectivity index (χ3v) is 4.74. The van der Waals surface area contributed by atoms with Gasteiger partial charge in [-0.15, -0.1) is 0 Å². The second-order valence-corrected chi connectivity index (χ2v) is 6.76. The van der Waals surface area contributed by atoms with Gasteiger partial charge in [0, 0.05) is 25.8 Å². The van der Waals surface area contributed by atoms with Crippen molar-refractivity contribution in [3.8, 4) is 11.5 Å². The smallest absolute Gasteiger partial charge is 0.267 e. The molecule has 150 valence electrons. The molecule has 3 rings (SSSR count). The van der Waals surface area contributed by atoms with E-state index in [0.717, 1.165) is 50.5 Å². The van der Waals surface area contributed by atoms with Gasteiger partial charge in [-0.25, -0.2) is 9.97 Å². The van der Waals surface area contributed by atoms with Crippen LogP contribution in [0.25, 0.3) is 0 Å². The fourth-order valence-electron chi connectivity index (χ4n) is 3.33. The molecule has 2 heterocycles. The number of amides is 1. The van der Waals surface area contributed by atoms with Gasteiger partial charge in [0.1, 0.15) is 12.3 Å². The predicted octanol–water partition coefficient (Wildman–Crippen LogP) is 1.47. The van der Waals surface area contributed by atoms with E-state index < -0.39 is 5.91 Å². The molecule has 0 aliphatic carbocycles. The Morgan fingerprint density at radius 2 is 2.14 bits per heavy atom. The van der Waals surface area contributed by atoms with Crippen LogP contribution in [0.4, 0.5) is 5.95 Å². The molecule has 1 atom stereocenters. The average Bonchev–Trinajstić information content (AvgIpc) is 2.74. The first kappa shape index (κ1) is 19.9. The van der Waals surface area contributed by atoms with E-state index in [1.165, 1.54) is 6.07 Å². The maximum Gasteiger partial charge on any atom is 0.267 e. The topological polar surface area (TPSA) is 103 Å². The van der Waals surface area contributed by atoms with Crippen molar-refractivity contribution in [1.82, 2.24) is 15.3 Å². The minimum absolute atomic E-state index is 0.249. The molecular formula is C20H27N5O3. The number of hydrogen-bond donors (Lipinski definition) is 2. The number of para-hydroxylation sites is 2. The Morgan fingerprint density at radius 3 is 2.93 bits per heavy atom. The lowest BCUT2D eigenvalue weighted by Gasteiger charge is -2.33. The van der Waals surface area contributed by atoms with Crippen molar-refractivity contribution < 1.29 is 14.3 Å². The van der Waals surface area contributed by atoms with Gasteiger partial charge < -0.3 is 25.4 Å². The van der Waals surface area contributed by atoms with E-state index in [4.69, 9.17) is 15.2 Å². The molecule has 8 nitrogen and oxygen atoms in total. The van der Waals surface area contributed by atoms with Crippen LogP contribution in [0.2, 0.25) is 0 Å². The average molecular weight is 385 g/mol. The highest BCUT2D eigenvalue weighted by Gasteiger charge is 2.22. The van der Waals surface area contributed by atoms with Crippen LogP contribution >= 0.6 is 0 Å². The molecule has 1 amide bonds. The molecule has 0 bridgehead atoms. The van der Waals surface area contributed by atoms with Gasteiger partial charge >= 0.3 is 0 Å². The third-order valence-electron chi connectivity index (χ3n) is 4.74. The Labute approximate surface area is 165 Å². The molecule has 1 aromatic carbocycles. The number of hydrogen-bond acceptors (Lipinski definition) is 7. The lowest BCUT2D eigenvalue weighted by Crippen LogP contribution is -2.41. The molecule has 2 aromatic rings. The quantitative estimate of drug-likeness (QED) is 0.630. The number of nitrogens with two attached hydrogens (primary N) is 1. The largest absolute Gasteiger partial charge is 0.493 e. The van der Waals surface area contributed by atoms with E-state index in [-0.39, 0.29) is 5.69 Å². The van der Waals surface area contributed by atoms with E-state index in [0.29, 0.717) is 18.5 Å². The van der Waals surface area contributed by atoms with Gasteiger partial charge in [0.25, 0.3) is 5.91 Å². The highest BCUT2D eigenvalue weighted by Crippen LogP contribution is 2.25. The summed E-state index contributed by atoms with van der Waals surface area (Å²) in [5.41, 5.74) is 5.57. The number of nitrogens with zero attached hydrogens (tertiary/aromatic N) is 3. The Hall–Kier alpha value is -2.87. The fraction of sp³-hybridized carbons (Fsp3) is 0.450. The zero-order valence-corrected chi connectivity index (χ0v) is 16.1. The first-order valence-corrected chi connectivity index (χ1v) is 9.51. The molecule has 1 aliphatic rings. The summed E-state index contributed by atoms with van der Waals surface area (Å²) in [7, 11) is 1.64. The lowest BCUT2D eigenvalue weighted by molar-refractivity contribution is 0.0995. The van der Waals surface area contributed by atoms with Gasteiger partial charge in [-0.2, -0.15) is 0 Å². The highest BCUT2D eigenvalue weighted by atomic mass is 16.5. The number of rotatable bonds is 9. The maximum absolute atomic E-state index is 11.3. The van der Waals surface area contributed by atoms with Crippen molar-refractivity contribution >= 4 is 11.9 Å². The number of carbonyl (C=O) groups is 1. The van der Waals surface area contributed by atoms with Crippen LogP contribution in [-0.4, -0.2) is 55.8 Å². The van der Waals surface area contributed by atoms with Crippen LogP contribution in [0, 0.1) is 5.92 Å². The van der Waals surface area contributed by atoms with E-state index in [2.05, 4.69) is 20.2 Å². The number of benzene rings is 1. The van der Waals surface area contributed by atoms with Gasteiger partial charge in [0.2, 0.25) is 5.95 Å². The summed E-state index contributed by atoms with van der Waals surface area (Å²) in [6.07, 6.45) is 3.79. The molecule has 1 fully saturated rings. The third kappa shape index (κ3) is 5.32. The predicted molar refractivity (Wildman–Crippen MR) is 107 cm³/mol. The zero-order valence-electron chi connectivity index (χ0n) is 16.1. The maximum atomic E-state index is 11.3. The number of aromatic nitrogens is 2. The normalized spacial score (nSPS) is 16.6. The van der Waals surface area contributed by atoms with E-state index in [1.807, 2.05) is 24.3 Å². The van der Waals surface area contributed by atoms with Crippen LogP contribution in [0.1, 0.15) is 23.3 Å². The van der Waals surface area contributed by atoms with E-state index in [9.17, 15) is 4.79 Å². The molecule has 8 heteroatoms. The first-order chi connectivity index (χ1) is 13.7. The van der Waals surface area contributed by atoms with E-state index in [1.54, 1.807) is 13.3 Å². The van der Waals surface area contributed by atoms with Crippen LogP contribution in [0.3, 0.4) is 0 Å². The van der Waals surface area contributed by atoms with Crippen molar-refractivity contribution in [2.75, 3.05) is 44.8 Å².